The molecule has 5 nitrogen and oxygen atoms in total. The molecule has 0 unspecified atom stereocenters. The van der Waals surface area contributed by atoms with Crippen LogP contribution in [-0.2, 0) is 15.9 Å². The fraction of sp³-hybridized carbons (Fsp3) is 0.370. The van der Waals surface area contributed by atoms with Crippen LogP contribution < -0.4 is 0 Å². The SMILES string of the molecule is CS[C@H](N1C(=O)OC(c2ccccc2)(c2ccccc2)[C@@H]1C(C)C)[C@](C)(O)c1ccc(C)o1. The number of carbonyl (C=O) groups excluding carboxylic acids is 1. The molecule has 2 aromatic carbocycles. The molecular formula is C27H31NO4S. The van der Waals surface area contributed by atoms with E-state index >= 15 is 0 Å². The quantitative estimate of drug-likeness (QED) is 0.470. The third-order valence-corrected chi connectivity index (χ3v) is 7.54. The number of thioether (sulfide) groups is 1. The van der Waals surface area contributed by atoms with Gasteiger partial charge in [-0.05, 0) is 38.2 Å². The molecule has 1 amide bonds. The van der Waals surface area contributed by atoms with Gasteiger partial charge in [-0.3, -0.25) is 4.90 Å². The van der Waals surface area contributed by atoms with Crippen LogP contribution in [0.15, 0.2) is 77.2 Å². The van der Waals surface area contributed by atoms with Gasteiger partial charge in [0.2, 0.25) is 0 Å². The maximum Gasteiger partial charge on any atom is 0.412 e. The molecule has 0 spiro atoms. The van der Waals surface area contributed by atoms with Gasteiger partial charge in [-0.1, -0.05) is 74.5 Å². The molecule has 1 aromatic heterocycles. The van der Waals surface area contributed by atoms with Gasteiger partial charge in [0.05, 0.1) is 6.04 Å². The summed E-state index contributed by atoms with van der Waals surface area (Å²) in [6.07, 6.45) is 1.44. The number of cyclic esters (lactones) is 1. The predicted octanol–water partition coefficient (Wildman–Crippen LogP) is 5.91. The van der Waals surface area contributed by atoms with Crippen molar-refractivity contribution in [2.24, 2.45) is 5.92 Å². The monoisotopic (exact) mass is 465 g/mol. The molecule has 33 heavy (non-hydrogen) atoms. The van der Waals surface area contributed by atoms with E-state index in [2.05, 4.69) is 13.8 Å². The molecule has 6 heteroatoms. The van der Waals surface area contributed by atoms with Crippen LogP contribution in [0.2, 0.25) is 0 Å². The molecule has 4 rings (SSSR count). The van der Waals surface area contributed by atoms with Gasteiger partial charge in [0.25, 0.3) is 0 Å². The topological polar surface area (TPSA) is 62.9 Å². The summed E-state index contributed by atoms with van der Waals surface area (Å²) in [7, 11) is 0. The molecule has 1 saturated heterocycles. The number of furan rings is 1. The summed E-state index contributed by atoms with van der Waals surface area (Å²) in [5, 5.41) is 11.1. The first kappa shape index (κ1) is 23.5. The average Bonchev–Trinajstić information content (AvgIpc) is 3.38. The highest BCUT2D eigenvalue weighted by Gasteiger charge is 2.61. The van der Waals surface area contributed by atoms with Crippen LogP contribution in [0.25, 0.3) is 0 Å². The lowest BCUT2D eigenvalue weighted by Gasteiger charge is -2.43. The number of ether oxygens (including phenoxy) is 1. The van der Waals surface area contributed by atoms with E-state index in [0.29, 0.717) is 11.5 Å². The molecule has 0 aliphatic carbocycles. The number of carbonyl (C=O) groups is 1. The van der Waals surface area contributed by atoms with Gasteiger partial charge in [0.1, 0.15) is 22.5 Å². The maximum absolute atomic E-state index is 13.7. The highest BCUT2D eigenvalue weighted by molar-refractivity contribution is 7.99. The van der Waals surface area contributed by atoms with E-state index in [4.69, 9.17) is 9.15 Å². The van der Waals surface area contributed by atoms with Gasteiger partial charge < -0.3 is 14.3 Å². The normalized spacial score (nSPS) is 20.5. The fourth-order valence-corrected chi connectivity index (χ4v) is 6.05. The van der Waals surface area contributed by atoms with Crippen LogP contribution in [0.1, 0.15) is 43.4 Å². The minimum absolute atomic E-state index is 0.0284. The second-order valence-corrected chi connectivity index (χ2v) is 10.00. The molecule has 1 aliphatic heterocycles. The van der Waals surface area contributed by atoms with Crippen LogP contribution in [-0.4, -0.2) is 33.8 Å². The first-order chi connectivity index (χ1) is 15.7. The minimum Gasteiger partial charge on any atom is -0.463 e. The van der Waals surface area contributed by atoms with Gasteiger partial charge in [-0.25, -0.2) is 4.79 Å². The smallest absolute Gasteiger partial charge is 0.412 e. The minimum atomic E-state index is -1.43. The lowest BCUT2D eigenvalue weighted by atomic mass is 9.75. The van der Waals surface area contributed by atoms with Crippen LogP contribution in [0.5, 0.6) is 0 Å². The Kier molecular flexibility index (Phi) is 6.34. The number of aryl methyl sites for hydroxylation is 1. The van der Waals surface area contributed by atoms with Crippen molar-refractivity contribution in [3.05, 3.63) is 95.4 Å². The van der Waals surface area contributed by atoms with Crippen molar-refractivity contribution in [3.8, 4) is 0 Å². The third-order valence-electron chi connectivity index (χ3n) is 6.41. The van der Waals surface area contributed by atoms with Crippen molar-refractivity contribution in [1.29, 1.82) is 0 Å². The summed E-state index contributed by atoms with van der Waals surface area (Å²) in [5.41, 5.74) is -0.640. The molecule has 0 bridgehead atoms. The van der Waals surface area contributed by atoms with E-state index < -0.39 is 22.7 Å². The van der Waals surface area contributed by atoms with Gasteiger partial charge in [0, 0.05) is 11.1 Å². The molecular weight excluding hydrogens is 434 g/mol. The summed E-state index contributed by atoms with van der Waals surface area (Å²) in [4.78, 5) is 15.4. The first-order valence-corrected chi connectivity index (χ1v) is 12.5. The largest absolute Gasteiger partial charge is 0.463 e. The Morgan fingerprint density at radius 2 is 1.55 bits per heavy atom. The zero-order chi connectivity index (χ0) is 23.8. The Hall–Kier alpha value is -2.70. The Bertz CT molecular complexity index is 1050. The summed E-state index contributed by atoms with van der Waals surface area (Å²) in [6, 6.07) is 23.0. The summed E-state index contributed by atoms with van der Waals surface area (Å²) < 4.78 is 12.2. The molecule has 2 heterocycles. The standard InChI is InChI=1S/C27H31NO4S/c1-18(2)23-27(20-12-8-6-9-13-20,21-14-10-7-11-15-21)32-25(29)28(23)24(33-5)26(4,30)22-17-16-19(3)31-22/h6-18,23-24,30H,1-5H3/t23-,24-,26+/m0/s1. The van der Waals surface area contributed by atoms with E-state index in [1.54, 1.807) is 17.9 Å². The Balaban J connectivity index is 1.91. The Morgan fingerprint density at radius 1 is 1.00 bits per heavy atom. The zero-order valence-electron chi connectivity index (χ0n) is 19.7. The maximum atomic E-state index is 13.7. The zero-order valence-corrected chi connectivity index (χ0v) is 20.5. The van der Waals surface area contributed by atoms with Crippen molar-refractivity contribution in [2.75, 3.05) is 6.26 Å². The second kappa shape index (κ2) is 8.92. The molecule has 1 aliphatic rings. The number of hydrogen-bond acceptors (Lipinski definition) is 5. The van der Waals surface area contributed by atoms with Crippen molar-refractivity contribution < 1.29 is 19.1 Å². The second-order valence-electron chi connectivity index (χ2n) is 9.08. The summed E-state index contributed by atoms with van der Waals surface area (Å²) in [6.45, 7) is 7.71. The summed E-state index contributed by atoms with van der Waals surface area (Å²) >= 11 is 1.41. The third kappa shape index (κ3) is 3.85. The molecule has 3 aromatic rings. The van der Waals surface area contributed by atoms with Crippen LogP contribution >= 0.6 is 11.8 Å². The van der Waals surface area contributed by atoms with Gasteiger partial charge in [0.15, 0.2) is 5.60 Å². The van der Waals surface area contributed by atoms with Gasteiger partial charge in [-0.2, -0.15) is 0 Å². The Labute approximate surface area is 199 Å². The van der Waals surface area contributed by atoms with Gasteiger partial charge >= 0.3 is 6.09 Å². The van der Waals surface area contributed by atoms with Crippen LogP contribution in [0.3, 0.4) is 0 Å². The Morgan fingerprint density at radius 3 is 1.97 bits per heavy atom. The average molecular weight is 466 g/mol. The van der Waals surface area contributed by atoms with E-state index in [1.165, 1.54) is 11.8 Å². The van der Waals surface area contributed by atoms with E-state index in [1.807, 2.05) is 79.9 Å². The first-order valence-electron chi connectivity index (χ1n) is 11.2. The van der Waals surface area contributed by atoms with Crippen molar-refractivity contribution >= 4 is 17.9 Å². The summed E-state index contributed by atoms with van der Waals surface area (Å²) in [5.74, 6) is 1.16. The number of rotatable bonds is 7. The van der Waals surface area contributed by atoms with Gasteiger partial charge in [-0.15, -0.1) is 11.8 Å². The number of amides is 1. The highest BCUT2D eigenvalue weighted by atomic mass is 32.2. The van der Waals surface area contributed by atoms with Crippen molar-refractivity contribution in [1.82, 2.24) is 4.90 Å². The van der Waals surface area contributed by atoms with E-state index in [0.717, 1.165) is 11.1 Å². The number of nitrogens with zero attached hydrogens (tertiary/aromatic N) is 1. The predicted molar refractivity (Wildman–Crippen MR) is 131 cm³/mol. The molecule has 1 N–H and O–H groups in total. The molecule has 0 saturated carbocycles. The van der Waals surface area contributed by atoms with Crippen LogP contribution in [0, 0.1) is 12.8 Å². The molecule has 0 radical (unpaired) electrons. The number of benzene rings is 2. The lowest BCUT2D eigenvalue weighted by molar-refractivity contribution is -0.0201. The fourth-order valence-electron chi connectivity index (χ4n) is 5.03. The molecule has 3 atom stereocenters. The highest BCUT2D eigenvalue weighted by Crippen LogP contribution is 2.51. The lowest BCUT2D eigenvalue weighted by Crippen LogP contribution is -2.55. The molecule has 1 fully saturated rings. The van der Waals surface area contributed by atoms with Crippen LogP contribution in [0.4, 0.5) is 4.79 Å². The van der Waals surface area contributed by atoms with E-state index in [-0.39, 0.29) is 12.0 Å². The number of aliphatic hydroxyl groups is 1. The molecule has 174 valence electrons. The van der Waals surface area contributed by atoms with E-state index in [9.17, 15) is 9.90 Å². The van der Waals surface area contributed by atoms with Crippen molar-refractivity contribution in [2.45, 2.75) is 50.3 Å². The number of hydrogen-bond donors (Lipinski definition) is 1. The van der Waals surface area contributed by atoms with Crippen molar-refractivity contribution in [3.63, 3.8) is 0 Å².